The second-order valence-electron chi connectivity index (χ2n) is 5.86. The summed E-state index contributed by atoms with van der Waals surface area (Å²) >= 11 is 0. The van der Waals surface area contributed by atoms with E-state index in [-0.39, 0.29) is 0 Å². The Bertz CT molecular complexity index is 337. The minimum absolute atomic E-state index is 0.971. The lowest BCUT2D eigenvalue weighted by molar-refractivity contribution is 0.275. The third kappa shape index (κ3) is 4.13. The summed E-state index contributed by atoms with van der Waals surface area (Å²) in [5.41, 5.74) is 1.31. The van der Waals surface area contributed by atoms with Gasteiger partial charge in [-0.1, -0.05) is 32.6 Å². The van der Waals surface area contributed by atoms with Gasteiger partial charge >= 0.3 is 0 Å². The molecule has 1 heterocycles. The van der Waals surface area contributed by atoms with Crippen LogP contribution in [0.5, 0.6) is 0 Å². The Labute approximate surface area is 111 Å². The minimum Gasteiger partial charge on any atom is -0.316 e. The SMILES string of the molecule is CC1CCC(CCNCCc2ccnn2C)CC1. The normalized spacial score (nSPS) is 24.3. The minimum atomic E-state index is 0.971. The van der Waals surface area contributed by atoms with Gasteiger partial charge in [0.1, 0.15) is 0 Å². The van der Waals surface area contributed by atoms with Gasteiger partial charge in [-0.3, -0.25) is 4.68 Å². The van der Waals surface area contributed by atoms with E-state index in [0.717, 1.165) is 24.8 Å². The molecule has 0 amide bonds. The summed E-state index contributed by atoms with van der Waals surface area (Å²) in [6, 6.07) is 2.10. The lowest BCUT2D eigenvalue weighted by atomic mass is 9.81. The number of nitrogens with zero attached hydrogens (tertiary/aromatic N) is 2. The van der Waals surface area contributed by atoms with Crippen LogP contribution in [0.1, 0.15) is 44.7 Å². The molecule has 0 aromatic carbocycles. The zero-order valence-corrected chi connectivity index (χ0v) is 11.9. The summed E-state index contributed by atoms with van der Waals surface area (Å²) < 4.78 is 1.96. The third-order valence-electron chi connectivity index (χ3n) is 4.35. The van der Waals surface area contributed by atoms with Crippen molar-refractivity contribution in [1.82, 2.24) is 15.1 Å². The fourth-order valence-electron chi connectivity index (χ4n) is 2.91. The van der Waals surface area contributed by atoms with Crippen LogP contribution < -0.4 is 5.32 Å². The average Bonchev–Trinajstić information content (AvgIpc) is 2.77. The van der Waals surface area contributed by atoms with Crippen LogP contribution >= 0.6 is 0 Å². The van der Waals surface area contributed by atoms with Gasteiger partial charge in [0.05, 0.1) is 0 Å². The predicted octanol–water partition coefficient (Wildman–Crippen LogP) is 2.77. The summed E-state index contributed by atoms with van der Waals surface area (Å²) in [5, 5.41) is 7.75. The van der Waals surface area contributed by atoms with E-state index < -0.39 is 0 Å². The monoisotopic (exact) mass is 249 g/mol. The molecule has 1 aliphatic rings. The van der Waals surface area contributed by atoms with Crippen molar-refractivity contribution < 1.29 is 0 Å². The van der Waals surface area contributed by atoms with Gasteiger partial charge in [0.25, 0.3) is 0 Å². The fourth-order valence-corrected chi connectivity index (χ4v) is 2.91. The van der Waals surface area contributed by atoms with E-state index in [4.69, 9.17) is 0 Å². The molecule has 0 unspecified atom stereocenters. The summed E-state index contributed by atoms with van der Waals surface area (Å²) in [5.74, 6) is 1.95. The zero-order chi connectivity index (χ0) is 12.8. The molecule has 0 saturated heterocycles. The highest BCUT2D eigenvalue weighted by Gasteiger charge is 2.17. The smallest absolute Gasteiger partial charge is 0.0492 e. The molecule has 1 aromatic rings. The predicted molar refractivity (Wildman–Crippen MR) is 75.5 cm³/mol. The van der Waals surface area contributed by atoms with Crippen LogP contribution in [-0.4, -0.2) is 22.9 Å². The van der Waals surface area contributed by atoms with Gasteiger partial charge in [-0.05, 0) is 30.9 Å². The van der Waals surface area contributed by atoms with Gasteiger partial charge in [-0.25, -0.2) is 0 Å². The number of hydrogen-bond acceptors (Lipinski definition) is 2. The van der Waals surface area contributed by atoms with E-state index in [9.17, 15) is 0 Å². The van der Waals surface area contributed by atoms with Crippen molar-refractivity contribution in [2.75, 3.05) is 13.1 Å². The molecule has 1 saturated carbocycles. The average molecular weight is 249 g/mol. The largest absolute Gasteiger partial charge is 0.316 e. The zero-order valence-electron chi connectivity index (χ0n) is 11.9. The van der Waals surface area contributed by atoms with Crippen molar-refractivity contribution >= 4 is 0 Å². The molecule has 0 bridgehead atoms. The Morgan fingerprint density at radius 3 is 2.72 bits per heavy atom. The highest BCUT2D eigenvalue weighted by molar-refractivity contribution is 5.00. The molecule has 0 atom stereocenters. The topological polar surface area (TPSA) is 29.9 Å². The fraction of sp³-hybridized carbons (Fsp3) is 0.800. The van der Waals surface area contributed by atoms with Gasteiger partial charge in [0.15, 0.2) is 0 Å². The van der Waals surface area contributed by atoms with Gasteiger partial charge in [-0.15, -0.1) is 0 Å². The first kappa shape index (κ1) is 13.6. The maximum absolute atomic E-state index is 4.18. The standard InChI is InChI=1S/C15H27N3/c1-13-3-5-14(6-4-13)7-10-16-11-8-15-9-12-17-18(15)2/h9,12-14,16H,3-8,10-11H2,1-2H3. The van der Waals surface area contributed by atoms with Gasteiger partial charge in [0, 0.05) is 31.9 Å². The molecular formula is C15H27N3. The summed E-state index contributed by atoms with van der Waals surface area (Å²) in [6.45, 7) is 4.64. The second kappa shape index (κ2) is 6.93. The van der Waals surface area contributed by atoms with Crippen LogP contribution in [0.25, 0.3) is 0 Å². The van der Waals surface area contributed by atoms with Gasteiger partial charge in [0.2, 0.25) is 0 Å². The summed E-state index contributed by atoms with van der Waals surface area (Å²) in [6.07, 6.45) is 10.1. The van der Waals surface area contributed by atoms with Crippen LogP contribution in [0, 0.1) is 11.8 Å². The first-order valence-corrected chi connectivity index (χ1v) is 7.43. The van der Waals surface area contributed by atoms with Crippen LogP contribution in [-0.2, 0) is 13.5 Å². The molecule has 1 aliphatic carbocycles. The summed E-state index contributed by atoms with van der Waals surface area (Å²) in [4.78, 5) is 0. The molecule has 3 heteroatoms. The van der Waals surface area contributed by atoms with Crippen molar-refractivity contribution in [3.8, 4) is 0 Å². The van der Waals surface area contributed by atoms with Crippen molar-refractivity contribution in [2.45, 2.75) is 45.4 Å². The van der Waals surface area contributed by atoms with Crippen molar-refractivity contribution in [3.05, 3.63) is 18.0 Å². The quantitative estimate of drug-likeness (QED) is 0.786. The third-order valence-corrected chi connectivity index (χ3v) is 4.35. The molecule has 2 rings (SSSR count). The summed E-state index contributed by atoms with van der Waals surface area (Å²) in [7, 11) is 2.01. The van der Waals surface area contributed by atoms with E-state index in [2.05, 4.69) is 23.4 Å². The van der Waals surface area contributed by atoms with Crippen molar-refractivity contribution in [1.29, 1.82) is 0 Å². The maximum Gasteiger partial charge on any atom is 0.0492 e. The number of hydrogen-bond donors (Lipinski definition) is 1. The van der Waals surface area contributed by atoms with Crippen LogP contribution in [0.4, 0.5) is 0 Å². The lowest BCUT2D eigenvalue weighted by Crippen LogP contribution is -2.23. The van der Waals surface area contributed by atoms with E-state index in [1.54, 1.807) is 0 Å². The molecular weight excluding hydrogens is 222 g/mol. The van der Waals surface area contributed by atoms with Crippen LogP contribution in [0.2, 0.25) is 0 Å². The lowest BCUT2D eigenvalue weighted by Gasteiger charge is -2.26. The Hall–Kier alpha value is -0.830. The highest BCUT2D eigenvalue weighted by Crippen LogP contribution is 2.29. The van der Waals surface area contributed by atoms with E-state index in [1.807, 2.05) is 17.9 Å². The molecule has 0 aliphatic heterocycles. The number of aromatic nitrogens is 2. The molecule has 0 spiro atoms. The number of rotatable bonds is 6. The number of aryl methyl sites for hydroxylation is 1. The Balaban J connectivity index is 1.53. The molecule has 102 valence electrons. The van der Waals surface area contributed by atoms with Crippen LogP contribution in [0.3, 0.4) is 0 Å². The molecule has 0 radical (unpaired) electrons. The molecule has 1 fully saturated rings. The second-order valence-corrected chi connectivity index (χ2v) is 5.86. The van der Waals surface area contributed by atoms with Gasteiger partial charge in [-0.2, -0.15) is 5.10 Å². The van der Waals surface area contributed by atoms with Crippen molar-refractivity contribution in [3.63, 3.8) is 0 Å². The Kier molecular flexibility index (Phi) is 5.24. The van der Waals surface area contributed by atoms with E-state index in [1.165, 1.54) is 44.3 Å². The Morgan fingerprint density at radius 1 is 1.28 bits per heavy atom. The van der Waals surface area contributed by atoms with Crippen LogP contribution in [0.15, 0.2) is 12.3 Å². The molecule has 1 N–H and O–H groups in total. The van der Waals surface area contributed by atoms with E-state index >= 15 is 0 Å². The highest BCUT2D eigenvalue weighted by atomic mass is 15.3. The molecule has 3 nitrogen and oxygen atoms in total. The van der Waals surface area contributed by atoms with E-state index in [0.29, 0.717) is 0 Å². The number of nitrogens with one attached hydrogen (secondary N) is 1. The van der Waals surface area contributed by atoms with Gasteiger partial charge < -0.3 is 5.32 Å². The first-order chi connectivity index (χ1) is 8.75. The first-order valence-electron chi connectivity index (χ1n) is 7.43. The maximum atomic E-state index is 4.18. The Morgan fingerprint density at radius 2 is 2.06 bits per heavy atom. The van der Waals surface area contributed by atoms with Crippen molar-refractivity contribution in [2.24, 2.45) is 18.9 Å². The molecule has 18 heavy (non-hydrogen) atoms. The molecule has 1 aromatic heterocycles.